The Balaban J connectivity index is 2.21. The highest BCUT2D eigenvalue weighted by atomic mass is 16.5. The molecule has 5 nitrogen and oxygen atoms in total. The Hall–Kier alpha value is -2.43. The third kappa shape index (κ3) is 3.04. The van der Waals surface area contributed by atoms with Gasteiger partial charge in [0.2, 0.25) is 0 Å². The summed E-state index contributed by atoms with van der Waals surface area (Å²) in [5.41, 5.74) is 1.42. The van der Waals surface area contributed by atoms with Crippen LogP contribution in [0.5, 0.6) is 5.75 Å². The summed E-state index contributed by atoms with van der Waals surface area (Å²) in [6.45, 7) is 1.48. The zero-order valence-electron chi connectivity index (χ0n) is 9.83. The van der Waals surface area contributed by atoms with Gasteiger partial charge >= 0.3 is 5.97 Å². The highest BCUT2D eigenvalue weighted by molar-refractivity contribution is 5.65. The molecule has 0 aliphatic rings. The van der Waals surface area contributed by atoms with Gasteiger partial charge in [-0.2, -0.15) is 0 Å². The predicted molar refractivity (Wildman–Crippen MR) is 64.6 cm³/mol. The number of carbonyl (C=O) groups is 1. The largest absolute Gasteiger partial charge is 0.508 e. The van der Waals surface area contributed by atoms with Crippen LogP contribution < -0.4 is 0 Å². The maximum atomic E-state index is 10.7. The van der Waals surface area contributed by atoms with E-state index in [4.69, 9.17) is 4.74 Å². The number of aromatic hydroxyl groups is 1. The van der Waals surface area contributed by atoms with Crippen molar-refractivity contribution < 1.29 is 14.6 Å². The Morgan fingerprint density at radius 3 is 2.67 bits per heavy atom. The first-order valence-corrected chi connectivity index (χ1v) is 5.40. The molecule has 1 aromatic heterocycles. The molecule has 1 aromatic carbocycles. The molecule has 0 fully saturated rings. The van der Waals surface area contributed by atoms with Crippen molar-refractivity contribution >= 4 is 5.97 Å². The molecule has 1 N–H and O–H groups in total. The van der Waals surface area contributed by atoms with Crippen molar-refractivity contribution in [1.82, 2.24) is 9.97 Å². The third-order valence-corrected chi connectivity index (χ3v) is 2.26. The molecule has 0 unspecified atom stereocenters. The fourth-order valence-corrected chi connectivity index (χ4v) is 1.40. The molecule has 92 valence electrons. The standard InChI is InChI=1S/C13H12N2O3/c1-9(16)18-8-11-6-7-14-13(15-11)10-2-4-12(17)5-3-10/h2-7,17H,8H2,1H3. The second kappa shape index (κ2) is 5.27. The normalized spacial score (nSPS) is 10.1. The van der Waals surface area contributed by atoms with Gasteiger partial charge in [0.1, 0.15) is 12.4 Å². The van der Waals surface area contributed by atoms with Crippen LogP contribution in [0, 0.1) is 0 Å². The minimum absolute atomic E-state index is 0.128. The molecule has 0 spiro atoms. The summed E-state index contributed by atoms with van der Waals surface area (Å²) < 4.78 is 4.87. The zero-order chi connectivity index (χ0) is 13.0. The van der Waals surface area contributed by atoms with Gasteiger partial charge < -0.3 is 9.84 Å². The number of esters is 1. The van der Waals surface area contributed by atoms with E-state index in [1.54, 1.807) is 36.5 Å². The van der Waals surface area contributed by atoms with Crippen molar-refractivity contribution in [2.75, 3.05) is 0 Å². The highest BCUT2D eigenvalue weighted by Crippen LogP contribution is 2.18. The molecule has 0 aliphatic carbocycles. The lowest BCUT2D eigenvalue weighted by molar-refractivity contribution is -0.142. The van der Waals surface area contributed by atoms with Gasteiger partial charge in [-0.05, 0) is 30.3 Å². The van der Waals surface area contributed by atoms with Gasteiger partial charge in [-0.15, -0.1) is 0 Å². The summed E-state index contributed by atoms with van der Waals surface area (Å²) in [5.74, 6) is 0.370. The molecule has 0 atom stereocenters. The van der Waals surface area contributed by atoms with Crippen molar-refractivity contribution in [3.8, 4) is 17.1 Å². The van der Waals surface area contributed by atoms with Crippen LogP contribution in [0.2, 0.25) is 0 Å². The Morgan fingerprint density at radius 1 is 1.28 bits per heavy atom. The summed E-state index contributed by atoms with van der Waals surface area (Å²) in [7, 11) is 0. The van der Waals surface area contributed by atoms with Crippen LogP contribution in [0.4, 0.5) is 0 Å². The average Bonchev–Trinajstić information content (AvgIpc) is 2.37. The average molecular weight is 244 g/mol. The first-order chi connectivity index (χ1) is 8.65. The maximum absolute atomic E-state index is 10.7. The first kappa shape index (κ1) is 12.0. The van der Waals surface area contributed by atoms with E-state index >= 15 is 0 Å². The molecule has 0 saturated heterocycles. The lowest BCUT2D eigenvalue weighted by atomic mass is 10.2. The molecule has 0 radical (unpaired) electrons. The van der Waals surface area contributed by atoms with E-state index in [2.05, 4.69) is 9.97 Å². The van der Waals surface area contributed by atoms with Crippen LogP contribution in [-0.2, 0) is 16.1 Å². The molecule has 0 bridgehead atoms. The zero-order valence-corrected chi connectivity index (χ0v) is 9.83. The van der Waals surface area contributed by atoms with Gasteiger partial charge in [-0.1, -0.05) is 0 Å². The molecule has 0 aliphatic heterocycles. The van der Waals surface area contributed by atoms with Crippen LogP contribution in [0.15, 0.2) is 36.5 Å². The molecule has 2 aromatic rings. The van der Waals surface area contributed by atoms with Gasteiger partial charge in [0, 0.05) is 18.7 Å². The number of benzene rings is 1. The molecule has 2 rings (SSSR count). The lowest BCUT2D eigenvalue weighted by Gasteiger charge is -2.04. The smallest absolute Gasteiger partial charge is 0.303 e. The van der Waals surface area contributed by atoms with Gasteiger partial charge in [-0.3, -0.25) is 4.79 Å². The van der Waals surface area contributed by atoms with E-state index in [0.717, 1.165) is 5.56 Å². The minimum atomic E-state index is -0.347. The Bertz CT molecular complexity index is 552. The molecular weight excluding hydrogens is 232 g/mol. The SMILES string of the molecule is CC(=O)OCc1ccnc(-c2ccc(O)cc2)n1. The van der Waals surface area contributed by atoms with E-state index in [1.165, 1.54) is 6.92 Å². The van der Waals surface area contributed by atoms with Crippen LogP contribution in [0.25, 0.3) is 11.4 Å². The van der Waals surface area contributed by atoms with E-state index in [0.29, 0.717) is 11.5 Å². The second-order valence-corrected chi connectivity index (χ2v) is 3.70. The minimum Gasteiger partial charge on any atom is -0.508 e. The molecule has 18 heavy (non-hydrogen) atoms. The quantitative estimate of drug-likeness (QED) is 0.835. The number of aromatic nitrogens is 2. The van der Waals surface area contributed by atoms with E-state index in [1.807, 2.05) is 0 Å². The first-order valence-electron chi connectivity index (χ1n) is 5.40. The monoisotopic (exact) mass is 244 g/mol. The summed E-state index contributed by atoms with van der Waals surface area (Å²) >= 11 is 0. The van der Waals surface area contributed by atoms with Gasteiger partial charge in [0.25, 0.3) is 0 Å². The molecule has 0 saturated carbocycles. The number of carbonyl (C=O) groups excluding carboxylic acids is 1. The van der Waals surface area contributed by atoms with Crippen molar-refractivity contribution in [3.63, 3.8) is 0 Å². The number of ether oxygens (including phenoxy) is 1. The lowest BCUT2D eigenvalue weighted by Crippen LogP contribution is -2.02. The fraction of sp³-hybridized carbons (Fsp3) is 0.154. The van der Waals surface area contributed by atoms with Gasteiger partial charge in [-0.25, -0.2) is 9.97 Å². The van der Waals surface area contributed by atoms with Crippen molar-refractivity contribution in [2.45, 2.75) is 13.5 Å². The predicted octanol–water partition coefficient (Wildman–Crippen LogP) is 1.91. The van der Waals surface area contributed by atoms with E-state index in [9.17, 15) is 9.90 Å². The Labute approximate surface area is 104 Å². The van der Waals surface area contributed by atoms with E-state index in [-0.39, 0.29) is 18.3 Å². The van der Waals surface area contributed by atoms with Gasteiger partial charge in [0.05, 0.1) is 5.69 Å². The number of hydrogen-bond donors (Lipinski definition) is 1. The number of phenolic OH excluding ortho intramolecular Hbond substituents is 1. The number of nitrogens with zero attached hydrogens (tertiary/aromatic N) is 2. The summed E-state index contributed by atoms with van der Waals surface area (Å²) in [6, 6.07) is 8.27. The highest BCUT2D eigenvalue weighted by Gasteiger charge is 2.04. The van der Waals surface area contributed by atoms with Crippen LogP contribution >= 0.6 is 0 Å². The third-order valence-electron chi connectivity index (χ3n) is 2.26. The summed E-state index contributed by atoms with van der Waals surface area (Å²) in [6.07, 6.45) is 1.61. The maximum Gasteiger partial charge on any atom is 0.303 e. The van der Waals surface area contributed by atoms with Gasteiger partial charge in [0.15, 0.2) is 5.82 Å². The van der Waals surface area contributed by atoms with Crippen LogP contribution in [0.1, 0.15) is 12.6 Å². The Kier molecular flexibility index (Phi) is 3.52. The molecular formula is C13H12N2O3. The number of rotatable bonds is 3. The van der Waals surface area contributed by atoms with Crippen LogP contribution in [0.3, 0.4) is 0 Å². The molecule has 1 heterocycles. The topological polar surface area (TPSA) is 72.3 Å². The molecule has 5 heteroatoms. The number of hydrogen-bond acceptors (Lipinski definition) is 5. The van der Waals surface area contributed by atoms with Crippen molar-refractivity contribution in [3.05, 3.63) is 42.2 Å². The van der Waals surface area contributed by atoms with E-state index < -0.39 is 0 Å². The Morgan fingerprint density at radius 2 is 2.00 bits per heavy atom. The van der Waals surface area contributed by atoms with Crippen molar-refractivity contribution in [2.24, 2.45) is 0 Å². The summed E-state index contributed by atoms with van der Waals surface area (Å²) in [5, 5.41) is 9.21. The number of phenols is 1. The summed E-state index contributed by atoms with van der Waals surface area (Å²) in [4.78, 5) is 19.1. The van der Waals surface area contributed by atoms with Crippen LogP contribution in [-0.4, -0.2) is 21.0 Å². The second-order valence-electron chi connectivity index (χ2n) is 3.70. The fourth-order valence-electron chi connectivity index (χ4n) is 1.40. The van der Waals surface area contributed by atoms with Crippen molar-refractivity contribution in [1.29, 1.82) is 0 Å². The molecule has 0 amide bonds.